The Kier molecular flexibility index (Phi) is 3.90. The summed E-state index contributed by atoms with van der Waals surface area (Å²) in [6, 6.07) is 10.5. The SMILES string of the molecule is C=CC/C(=C/C(C)(C)C)c1ccccc1. The van der Waals surface area contributed by atoms with E-state index in [1.165, 1.54) is 11.1 Å². The Bertz CT molecular complexity index is 336. The standard InChI is InChI=1S/C15H20/c1-5-9-14(12-15(2,3)4)13-10-7-6-8-11-13/h5-8,10-12H,1,9H2,2-4H3/b14-12-. The van der Waals surface area contributed by atoms with Gasteiger partial charge < -0.3 is 0 Å². The minimum atomic E-state index is 0.216. The second kappa shape index (κ2) is 4.97. The summed E-state index contributed by atoms with van der Waals surface area (Å²) in [5.74, 6) is 0. The largest absolute Gasteiger partial charge is 0.103 e. The van der Waals surface area contributed by atoms with Crippen molar-refractivity contribution in [2.24, 2.45) is 5.41 Å². The summed E-state index contributed by atoms with van der Waals surface area (Å²) in [4.78, 5) is 0. The van der Waals surface area contributed by atoms with Crippen LogP contribution in [0.25, 0.3) is 5.57 Å². The lowest BCUT2D eigenvalue weighted by molar-refractivity contribution is 0.545. The Hall–Kier alpha value is -1.30. The van der Waals surface area contributed by atoms with E-state index >= 15 is 0 Å². The Labute approximate surface area is 93.3 Å². The van der Waals surface area contributed by atoms with Crippen LogP contribution in [0.3, 0.4) is 0 Å². The third-order valence-corrected chi connectivity index (χ3v) is 2.12. The van der Waals surface area contributed by atoms with Crippen molar-refractivity contribution in [2.75, 3.05) is 0 Å². The van der Waals surface area contributed by atoms with Gasteiger partial charge in [-0.1, -0.05) is 63.3 Å². The zero-order valence-corrected chi connectivity index (χ0v) is 9.96. The van der Waals surface area contributed by atoms with Gasteiger partial charge in [-0.15, -0.1) is 6.58 Å². The fraction of sp³-hybridized carbons (Fsp3) is 0.333. The van der Waals surface area contributed by atoms with Gasteiger partial charge in [0.15, 0.2) is 0 Å². The van der Waals surface area contributed by atoms with Crippen molar-refractivity contribution in [3.05, 3.63) is 54.6 Å². The van der Waals surface area contributed by atoms with Crippen LogP contribution in [-0.2, 0) is 0 Å². The zero-order chi connectivity index (χ0) is 11.3. The average Bonchev–Trinajstić information content (AvgIpc) is 2.17. The molecule has 0 unspecified atom stereocenters. The van der Waals surface area contributed by atoms with Crippen molar-refractivity contribution in [1.29, 1.82) is 0 Å². The highest BCUT2D eigenvalue weighted by Gasteiger charge is 2.08. The fourth-order valence-electron chi connectivity index (χ4n) is 1.59. The molecule has 0 bridgehead atoms. The van der Waals surface area contributed by atoms with Crippen LogP contribution >= 0.6 is 0 Å². The van der Waals surface area contributed by atoms with Crippen molar-refractivity contribution >= 4 is 5.57 Å². The molecule has 0 atom stereocenters. The van der Waals surface area contributed by atoms with E-state index in [4.69, 9.17) is 0 Å². The number of allylic oxidation sites excluding steroid dienone is 3. The van der Waals surface area contributed by atoms with Gasteiger partial charge in [-0.2, -0.15) is 0 Å². The first-order valence-corrected chi connectivity index (χ1v) is 5.41. The molecule has 0 aliphatic rings. The molecule has 0 fully saturated rings. The molecule has 0 spiro atoms. The molecule has 15 heavy (non-hydrogen) atoms. The molecule has 0 N–H and O–H groups in total. The van der Waals surface area contributed by atoms with Crippen LogP contribution in [0.5, 0.6) is 0 Å². The molecular weight excluding hydrogens is 180 g/mol. The molecule has 0 aliphatic heterocycles. The Morgan fingerprint density at radius 1 is 1.20 bits per heavy atom. The minimum absolute atomic E-state index is 0.216. The first kappa shape index (κ1) is 11.8. The molecule has 80 valence electrons. The van der Waals surface area contributed by atoms with Gasteiger partial charge in [-0.3, -0.25) is 0 Å². The lowest BCUT2D eigenvalue weighted by Gasteiger charge is -2.16. The van der Waals surface area contributed by atoms with Crippen LogP contribution in [0.1, 0.15) is 32.8 Å². The van der Waals surface area contributed by atoms with Gasteiger partial charge in [-0.05, 0) is 23.0 Å². The highest BCUT2D eigenvalue weighted by Crippen LogP contribution is 2.26. The summed E-state index contributed by atoms with van der Waals surface area (Å²) in [7, 11) is 0. The molecule has 0 radical (unpaired) electrons. The van der Waals surface area contributed by atoms with Gasteiger partial charge in [0.05, 0.1) is 0 Å². The van der Waals surface area contributed by atoms with Gasteiger partial charge in [0, 0.05) is 0 Å². The summed E-state index contributed by atoms with van der Waals surface area (Å²) in [6.07, 6.45) is 5.22. The van der Waals surface area contributed by atoms with E-state index in [1.54, 1.807) is 0 Å². The van der Waals surface area contributed by atoms with Crippen molar-refractivity contribution in [2.45, 2.75) is 27.2 Å². The molecule has 0 aromatic heterocycles. The van der Waals surface area contributed by atoms with Gasteiger partial charge >= 0.3 is 0 Å². The zero-order valence-electron chi connectivity index (χ0n) is 9.96. The predicted octanol–water partition coefficient (Wildman–Crippen LogP) is 4.69. The third-order valence-electron chi connectivity index (χ3n) is 2.12. The maximum Gasteiger partial charge on any atom is -0.00972 e. The normalized spacial score (nSPS) is 12.6. The molecule has 0 saturated carbocycles. The fourth-order valence-corrected chi connectivity index (χ4v) is 1.59. The van der Waals surface area contributed by atoms with Crippen molar-refractivity contribution in [3.8, 4) is 0 Å². The lowest BCUT2D eigenvalue weighted by Crippen LogP contribution is -2.01. The topological polar surface area (TPSA) is 0 Å². The summed E-state index contributed by atoms with van der Waals surface area (Å²) < 4.78 is 0. The van der Waals surface area contributed by atoms with Gasteiger partial charge in [0.1, 0.15) is 0 Å². The molecule has 0 nitrogen and oxygen atoms in total. The van der Waals surface area contributed by atoms with Crippen molar-refractivity contribution in [3.63, 3.8) is 0 Å². The van der Waals surface area contributed by atoms with Crippen LogP contribution in [0.4, 0.5) is 0 Å². The maximum atomic E-state index is 3.82. The molecule has 0 saturated heterocycles. The lowest BCUT2D eigenvalue weighted by atomic mass is 9.90. The van der Waals surface area contributed by atoms with Crippen LogP contribution < -0.4 is 0 Å². The predicted molar refractivity (Wildman–Crippen MR) is 68.7 cm³/mol. The van der Waals surface area contributed by atoms with Gasteiger partial charge in [-0.25, -0.2) is 0 Å². The van der Waals surface area contributed by atoms with Crippen molar-refractivity contribution < 1.29 is 0 Å². The van der Waals surface area contributed by atoms with Crippen LogP contribution in [0, 0.1) is 5.41 Å². The molecule has 1 aromatic carbocycles. The first-order valence-electron chi connectivity index (χ1n) is 5.41. The Balaban J connectivity index is 3.04. The van der Waals surface area contributed by atoms with Crippen LogP contribution in [0.15, 0.2) is 49.1 Å². The summed E-state index contributed by atoms with van der Waals surface area (Å²) >= 11 is 0. The van der Waals surface area contributed by atoms with Crippen LogP contribution in [-0.4, -0.2) is 0 Å². The average molecular weight is 200 g/mol. The first-order chi connectivity index (χ1) is 7.03. The van der Waals surface area contributed by atoms with E-state index in [2.05, 4.69) is 57.7 Å². The smallest absolute Gasteiger partial charge is 0.00972 e. The number of benzene rings is 1. The van der Waals surface area contributed by atoms with E-state index < -0.39 is 0 Å². The van der Waals surface area contributed by atoms with Gasteiger partial charge in [0.2, 0.25) is 0 Å². The van der Waals surface area contributed by atoms with E-state index in [9.17, 15) is 0 Å². The number of hydrogen-bond donors (Lipinski definition) is 0. The quantitative estimate of drug-likeness (QED) is 0.621. The highest BCUT2D eigenvalue weighted by molar-refractivity contribution is 5.67. The minimum Gasteiger partial charge on any atom is -0.103 e. The molecule has 1 rings (SSSR count). The van der Waals surface area contributed by atoms with E-state index in [-0.39, 0.29) is 5.41 Å². The third kappa shape index (κ3) is 4.16. The second-order valence-corrected chi connectivity index (χ2v) is 4.89. The molecule has 0 amide bonds. The summed E-state index contributed by atoms with van der Waals surface area (Å²) in [5.41, 5.74) is 2.87. The Morgan fingerprint density at radius 2 is 1.80 bits per heavy atom. The summed E-state index contributed by atoms with van der Waals surface area (Å²) in [5, 5.41) is 0. The van der Waals surface area contributed by atoms with Crippen LogP contribution in [0.2, 0.25) is 0 Å². The summed E-state index contributed by atoms with van der Waals surface area (Å²) in [6.45, 7) is 10.5. The van der Waals surface area contributed by atoms with E-state index in [0.29, 0.717) is 0 Å². The number of hydrogen-bond acceptors (Lipinski definition) is 0. The molecule has 0 heterocycles. The molecule has 1 aromatic rings. The number of rotatable bonds is 3. The Morgan fingerprint density at radius 3 is 2.27 bits per heavy atom. The van der Waals surface area contributed by atoms with E-state index in [1.807, 2.05) is 12.1 Å². The van der Waals surface area contributed by atoms with Gasteiger partial charge in [0.25, 0.3) is 0 Å². The maximum absolute atomic E-state index is 3.82. The van der Waals surface area contributed by atoms with Crippen molar-refractivity contribution in [1.82, 2.24) is 0 Å². The molecule has 0 heteroatoms. The molecular formula is C15H20. The van der Waals surface area contributed by atoms with E-state index in [0.717, 1.165) is 6.42 Å². The second-order valence-electron chi connectivity index (χ2n) is 4.89. The monoisotopic (exact) mass is 200 g/mol. The highest BCUT2D eigenvalue weighted by atomic mass is 14.1. The molecule has 0 aliphatic carbocycles.